The smallest absolute Gasteiger partial charge is 0.212 e. The van der Waals surface area contributed by atoms with Crippen LogP contribution in [-0.2, 0) is 4.12 Å². The van der Waals surface area contributed by atoms with E-state index in [9.17, 15) is 0 Å². The molecule has 0 atom stereocenters. The summed E-state index contributed by atoms with van der Waals surface area (Å²) in [6.45, 7) is 0. The molecule has 2 aromatic rings. The van der Waals surface area contributed by atoms with E-state index in [0.717, 1.165) is 0 Å². The summed E-state index contributed by atoms with van der Waals surface area (Å²) in [4.78, 5) is 0. The Kier molecular flexibility index (Phi) is 8.18. The van der Waals surface area contributed by atoms with Crippen LogP contribution in [0.4, 0.5) is 0 Å². The highest BCUT2D eigenvalue weighted by Crippen LogP contribution is 2.36. The molecule has 0 N–H and O–H groups in total. The Hall–Kier alpha value is -0.306. The van der Waals surface area contributed by atoms with Crippen LogP contribution < -0.4 is 10.4 Å². The van der Waals surface area contributed by atoms with Crippen LogP contribution in [0.15, 0.2) is 60.7 Å². The largest absolute Gasteiger partial charge is 0.448 e. The molecule has 0 aliphatic carbocycles. The van der Waals surface area contributed by atoms with Gasteiger partial charge in [-0.2, -0.15) is 0 Å². The first-order valence-corrected chi connectivity index (χ1v) is 19.0. The molecule has 2 heterocycles. The van der Waals surface area contributed by atoms with E-state index in [4.69, 9.17) is 4.12 Å². The van der Waals surface area contributed by atoms with E-state index >= 15 is 0 Å². The van der Waals surface area contributed by atoms with Crippen molar-refractivity contribution in [3.8, 4) is 0 Å². The molecule has 0 amide bonds. The fourth-order valence-corrected chi connectivity index (χ4v) is 20.7. The molecule has 2 saturated heterocycles. The Morgan fingerprint density at radius 1 is 0.517 bits per heavy atom. The topological polar surface area (TPSA) is 9.23 Å². The number of hydrogen-bond acceptors (Lipinski definition) is 1. The van der Waals surface area contributed by atoms with Crippen molar-refractivity contribution in [2.45, 2.75) is 49.9 Å². The zero-order chi connectivity index (χ0) is 19.8. The van der Waals surface area contributed by atoms with E-state index in [1.807, 2.05) is 0 Å². The Labute approximate surface area is 183 Å². The van der Waals surface area contributed by atoms with E-state index in [2.05, 4.69) is 60.7 Å². The quantitative estimate of drug-likeness (QED) is 0.425. The molecule has 0 spiro atoms. The monoisotopic (exact) mass is 458 g/mol. The molecule has 2 aliphatic rings. The van der Waals surface area contributed by atoms with Gasteiger partial charge in [0, 0.05) is 0 Å². The normalized spacial score (nSPS) is 30.9. The molecule has 2 aromatic carbocycles. The standard InChI is InChI=1S/C24H36OP2Si2/c1-3-11-23(12-4-1)28(19-7-15-26-16-8-20-28)25-29(24-13-5-2-6-14-24)21-9-17-27-18-10-22-29/h1-6,11-14,26-27H,7-10,15-22H2. The highest BCUT2D eigenvalue weighted by atomic mass is 31.1. The maximum Gasteiger partial charge on any atom is 0.212 e. The maximum absolute atomic E-state index is 7.83. The Balaban J connectivity index is 1.75. The fraction of sp³-hybridized carbons (Fsp3) is 0.500. The second-order valence-corrected chi connectivity index (χ2v) is 19.7. The lowest BCUT2D eigenvalue weighted by Crippen LogP contribution is -2.63. The van der Waals surface area contributed by atoms with Crippen molar-refractivity contribution in [3.63, 3.8) is 0 Å². The number of hydrogen-bond donors (Lipinski definition) is 0. The van der Waals surface area contributed by atoms with E-state index < -0.39 is 16.6 Å². The minimum absolute atomic E-state index is 1.17. The molecule has 5 heteroatoms. The lowest BCUT2D eigenvalue weighted by atomic mass is 10.4. The highest BCUT2D eigenvalue weighted by molar-refractivity contribution is 7.38. The van der Waals surface area contributed by atoms with Crippen LogP contribution in [0.1, 0.15) is 25.7 Å². The summed E-state index contributed by atoms with van der Waals surface area (Å²) in [7, 11) is -1.56. The molecule has 156 valence electrons. The third-order valence-corrected chi connectivity index (χ3v) is 20.1. The van der Waals surface area contributed by atoms with Crippen LogP contribution in [-0.4, -0.2) is 41.3 Å². The van der Waals surface area contributed by atoms with Gasteiger partial charge in [0.15, 0.2) is 0 Å². The van der Waals surface area contributed by atoms with Gasteiger partial charge < -0.3 is 4.12 Å². The average molecular weight is 459 g/mol. The first-order chi connectivity index (χ1) is 14.3. The van der Waals surface area contributed by atoms with Crippen LogP contribution in [0, 0.1) is 0 Å². The van der Waals surface area contributed by atoms with Crippen molar-refractivity contribution < 1.29 is 4.12 Å². The summed E-state index contributed by atoms with van der Waals surface area (Å²) in [5.74, 6) is 0. The van der Waals surface area contributed by atoms with Gasteiger partial charge in [0.2, 0.25) is 16.6 Å². The van der Waals surface area contributed by atoms with Crippen molar-refractivity contribution in [1.29, 1.82) is 0 Å². The summed E-state index contributed by atoms with van der Waals surface area (Å²) in [6.07, 6.45) is 11.2. The predicted molar refractivity (Wildman–Crippen MR) is 139 cm³/mol. The van der Waals surface area contributed by atoms with Crippen molar-refractivity contribution >= 4 is 44.2 Å². The molecule has 0 aromatic heterocycles. The van der Waals surface area contributed by atoms with Gasteiger partial charge in [-0.25, -0.2) is 0 Å². The van der Waals surface area contributed by atoms with Gasteiger partial charge in [-0.3, -0.25) is 0 Å². The van der Waals surface area contributed by atoms with Crippen molar-refractivity contribution in [2.24, 2.45) is 0 Å². The molecule has 0 saturated carbocycles. The summed E-state index contributed by atoms with van der Waals surface area (Å²) >= 11 is 0. The molecule has 0 bridgehead atoms. The van der Waals surface area contributed by atoms with Crippen molar-refractivity contribution in [2.75, 3.05) is 24.6 Å². The molecule has 4 rings (SSSR count). The van der Waals surface area contributed by atoms with E-state index in [1.165, 1.54) is 91.7 Å². The van der Waals surface area contributed by atoms with Crippen LogP contribution in [0.3, 0.4) is 0 Å². The van der Waals surface area contributed by atoms with Gasteiger partial charge in [0.1, 0.15) is 0 Å². The van der Waals surface area contributed by atoms with Gasteiger partial charge in [-0.1, -0.05) is 60.7 Å². The zero-order valence-corrected chi connectivity index (χ0v) is 21.7. The first kappa shape index (κ1) is 21.9. The summed E-state index contributed by atoms with van der Waals surface area (Å²) in [5.41, 5.74) is 0. The van der Waals surface area contributed by atoms with E-state index in [0.29, 0.717) is 0 Å². The maximum atomic E-state index is 7.83. The van der Waals surface area contributed by atoms with Gasteiger partial charge in [-0.05, 0) is 84.9 Å². The molecule has 0 unspecified atom stereocenters. The summed E-state index contributed by atoms with van der Waals surface area (Å²) in [5, 5.41) is 3.16. The van der Waals surface area contributed by atoms with Crippen LogP contribution in [0.5, 0.6) is 0 Å². The van der Waals surface area contributed by atoms with Crippen molar-refractivity contribution in [1.82, 2.24) is 0 Å². The van der Waals surface area contributed by atoms with Gasteiger partial charge in [-0.15, -0.1) is 17.2 Å². The van der Waals surface area contributed by atoms with Crippen LogP contribution >= 0.6 is 17.2 Å². The van der Waals surface area contributed by atoms with Crippen LogP contribution in [0.2, 0.25) is 24.2 Å². The van der Waals surface area contributed by atoms with Crippen molar-refractivity contribution in [3.05, 3.63) is 60.7 Å². The van der Waals surface area contributed by atoms with Gasteiger partial charge in [0.05, 0.1) is 0 Å². The predicted octanol–water partition coefficient (Wildman–Crippen LogP) is 5.65. The SMILES string of the molecule is c1ccc([Si]2(O[Si]3(c4ccccc4)CCCPCCC3)CCCPCCC2)cc1. The lowest BCUT2D eigenvalue weighted by Gasteiger charge is -2.44. The average Bonchev–Trinajstić information content (AvgIpc) is 2.73. The first-order valence-electron chi connectivity index (χ1n) is 11.6. The number of rotatable bonds is 4. The number of benzene rings is 2. The van der Waals surface area contributed by atoms with E-state index in [1.54, 1.807) is 10.4 Å². The fourth-order valence-electron chi connectivity index (χ4n) is 5.25. The highest BCUT2D eigenvalue weighted by Gasteiger charge is 2.47. The molecular formula is C24H36OP2Si2. The lowest BCUT2D eigenvalue weighted by molar-refractivity contribution is 0.523. The molecule has 2 aliphatic heterocycles. The molecule has 29 heavy (non-hydrogen) atoms. The summed E-state index contributed by atoms with van der Waals surface area (Å²) < 4.78 is 7.83. The molecular weight excluding hydrogens is 422 g/mol. The molecule has 1 nitrogen and oxygen atoms in total. The van der Waals surface area contributed by atoms with E-state index in [-0.39, 0.29) is 0 Å². The zero-order valence-electron chi connectivity index (χ0n) is 17.7. The van der Waals surface area contributed by atoms with Gasteiger partial charge in [0.25, 0.3) is 0 Å². The third-order valence-electron chi connectivity index (χ3n) is 6.73. The Bertz CT molecular complexity index is 662. The Morgan fingerprint density at radius 2 is 0.862 bits per heavy atom. The van der Waals surface area contributed by atoms with Gasteiger partial charge >= 0.3 is 0 Å². The second-order valence-electron chi connectivity index (χ2n) is 8.74. The minimum atomic E-state index is -1.95. The molecule has 0 radical (unpaired) electrons. The third kappa shape index (κ3) is 5.49. The second kappa shape index (κ2) is 10.8. The summed E-state index contributed by atoms with van der Waals surface area (Å²) in [6, 6.07) is 28.4. The van der Waals surface area contributed by atoms with Crippen LogP contribution in [0.25, 0.3) is 0 Å². The minimum Gasteiger partial charge on any atom is -0.448 e. The molecule has 2 fully saturated rings. The Morgan fingerprint density at radius 3 is 1.21 bits per heavy atom.